The fourth-order valence-corrected chi connectivity index (χ4v) is 3.02. The lowest BCUT2D eigenvalue weighted by Gasteiger charge is -2.42. The van der Waals surface area contributed by atoms with Crippen molar-refractivity contribution in [1.82, 2.24) is 25.2 Å². The van der Waals surface area contributed by atoms with Gasteiger partial charge in [-0.05, 0) is 25.8 Å². The molecular weight excluding hydrogens is 272 g/mol. The molecule has 2 aromatic heterocycles. The number of nitrogens with one attached hydrogen (secondary N) is 3. The SMILES string of the molecule is Cc1cnn2c(NC3CC4(C3)NC(=O)NC4=O)ccnc12. The van der Waals surface area contributed by atoms with E-state index in [1.165, 1.54) is 0 Å². The Labute approximate surface area is 119 Å². The molecule has 1 aliphatic heterocycles. The van der Waals surface area contributed by atoms with Crippen molar-refractivity contribution >= 4 is 23.4 Å². The number of hydrogen-bond acceptors (Lipinski definition) is 5. The Morgan fingerprint density at radius 2 is 2.24 bits per heavy atom. The maximum atomic E-state index is 11.8. The van der Waals surface area contributed by atoms with Gasteiger partial charge < -0.3 is 10.6 Å². The van der Waals surface area contributed by atoms with Crippen LogP contribution in [-0.2, 0) is 4.79 Å². The van der Waals surface area contributed by atoms with Gasteiger partial charge >= 0.3 is 6.03 Å². The summed E-state index contributed by atoms with van der Waals surface area (Å²) in [6.45, 7) is 1.95. The van der Waals surface area contributed by atoms with E-state index in [1.54, 1.807) is 16.9 Å². The number of amides is 3. The Hall–Kier alpha value is -2.64. The molecule has 3 amide bonds. The number of nitrogens with zero attached hydrogens (tertiary/aromatic N) is 3. The Balaban J connectivity index is 1.53. The molecule has 2 aromatic rings. The lowest BCUT2D eigenvalue weighted by molar-refractivity contribution is -0.127. The maximum absolute atomic E-state index is 11.8. The molecule has 2 aliphatic rings. The third-order valence-electron chi connectivity index (χ3n) is 4.13. The number of rotatable bonds is 2. The molecule has 108 valence electrons. The van der Waals surface area contributed by atoms with E-state index >= 15 is 0 Å². The van der Waals surface area contributed by atoms with E-state index in [9.17, 15) is 9.59 Å². The van der Waals surface area contributed by atoms with E-state index in [0.717, 1.165) is 17.0 Å². The van der Waals surface area contributed by atoms with Crippen molar-refractivity contribution in [3.8, 4) is 0 Å². The van der Waals surface area contributed by atoms with Crippen LogP contribution in [0.4, 0.5) is 10.6 Å². The molecule has 0 atom stereocenters. The standard InChI is InChI=1S/C13H14N6O2/c1-7-6-15-19-9(2-3-14-10(7)19)16-8-4-13(5-8)11(20)17-12(21)18-13/h2-3,6,8,16H,4-5H2,1H3,(H2,17,18,20,21). The van der Waals surface area contributed by atoms with E-state index in [4.69, 9.17) is 0 Å². The quantitative estimate of drug-likeness (QED) is 0.684. The highest BCUT2D eigenvalue weighted by Gasteiger charge is 2.55. The van der Waals surface area contributed by atoms with Crippen molar-refractivity contribution < 1.29 is 9.59 Å². The summed E-state index contributed by atoms with van der Waals surface area (Å²) < 4.78 is 1.74. The predicted octanol–water partition coefficient (Wildman–Crippen LogP) is 0.190. The first kappa shape index (κ1) is 12.1. The monoisotopic (exact) mass is 286 g/mol. The molecule has 0 aromatic carbocycles. The summed E-state index contributed by atoms with van der Waals surface area (Å²) in [5.41, 5.74) is 1.08. The third kappa shape index (κ3) is 1.68. The number of fused-ring (bicyclic) bond motifs is 1. The number of anilines is 1. The lowest BCUT2D eigenvalue weighted by Crippen LogP contribution is -2.61. The van der Waals surface area contributed by atoms with Crippen molar-refractivity contribution in [3.63, 3.8) is 0 Å². The molecule has 21 heavy (non-hydrogen) atoms. The average molecular weight is 286 g/mol. The number of carbonyl (C=O) groups is 2. The van der Waals surface area contributed by atoms with Crippen LogP contribution in [0.25, 0.3) is 5.65 Å². The van der Waals surface area contributed by atoms with Gasteiger partial charge in [-0.3, -0.25) is 10.1 Å². The van der Waals surface area contributed by atoms with Crippen LogP contribution >= 0.6 is 0 Å². The minimum absolute atomic E-state index is 0.115. The predicted molar refractivity (Wildman–Crippen MR) is 73.8 cm³/mol. The Bertz CT molecular complexity index is 761. The summed E-state index contributed by atoms with van der Waals surface area (Å²) in [5, 5.41) is 12.6. The van der Waals surface area contributed by atoms with Crippen LogP contribution in [0.5, 0.6) is 0 Å². The zero-order valence-corrected chi connectivity index (χ0v) is 11.4. The van der Waals surface area contributed by atoms with Gasteiger partial charge in [-0.2, -0.15) is 9.61 Å². The van der Waals surface area contributed by atoms with Crippen molar-refractivity contribution in [2.45, 2.75) is 31.3 Å². The third-order valence-corrected chi connectivity index (χ3v) is 4.13. The second kappa shape index (κ2) is 3.94. The Morgan fingerprint density at radius 3 is 2.95 bits per heavy atom. The second-order valence-corrected chi connectivity index (χ2v) is 5.63. The average Bonchev–Trinajstić information content (AvgIpc) is 2.91. The highest BCUT2D eigenvalue weighted by atomic mass is 16.2. The highest BCUT2D eigenvalue weighted by molar-refractivity contribution is 6.07. The second-order valence-electron chi connectivity index (χ2n) is 5.63. The molecule has 1 aliphatic carbocycles. The number of hydrogen-bond donors (Lipinski definition) is 3. The molecule has 3 N–H and O–H groups in total. The number of urea groups is 1. The van der Waals surface area contributed by atoms with Gasteiger partial charge in [0.2, 0.25) is 0 Å². The van der Waals surface area contributed by atoms with Gasteiger partial charge in [-0.25, -0.2) is 9.78 Å². The van der Waals surface area contributed by atoms with E-state index in [2.05, 4.69) is 26.0 Å². The first-order valence-corrected chi connectivity index (χ1v) is 6.77. The number of imide groups is 1. The van der Waals surface area contributed by atoms with Gasteiger partial charge in [0.05, 0.1) is 6.20 Å². The van der Waals surface area contributed by atoms with Gasteiger partial charge in [-0.1, -0.05) is 0 Å². The number of carbonyl (C=O) groups excluding carboxylic acids is 2. The zero-order valence-electron chi connectivity index (χ0n) is 11.4. The van der Waals surface area contributed by atoms with E-state index in [0.29, 0.717) is 12.8 Å². The van der Waals surface area contributed by atoms with Gasteiger partial charge in [0.1, 0.15) is 11.4 Å². The van der Waals surface area contributed by atoms with Gasteiger partial charge in [0.15, 0.2) is 5.65 Å². The molecule has 8 heteroatoms. The number of aryl methyl sites for hydroxylation is 1. The topological polar surface area (TPSA) is 100 Å². The van der Waals surface area contributed by atoms with Crippen LogP contribution in [0, 0.1) is 6.92 Å². The van der Waals surface area contributed by atoms with Crippen LogP contribution in [0.15, 0.2) is 18.5 Å². The molecular formula is C13H14N6O2. The van der Waals surface area contributed by atoms with Crippen molar-refractivity contribution in [1.29, 1.82) is 0 Å². The molecule has 1 saturated carbocycles. The summed E-state index contributed by atoms with van der Waals surface area (Å²) in [7, 11) is 0. The smallest absolute Gasteiger partial charge is 0.322 e. The fraction of sp³-hybridized carbons (Fsp3) is 0.385. The van der Waals surface area contributed by atoms with Crippen LogP contribution < -0.4 is 16.0 Å². The summed E-state index contributed by atoms with van der Waals surface area (Å²) in [5.74, 6) is 0.595. The van der Waals surface area contributed by atoms with E-state index in [-0.39, 0.29) is 11.9 Å². The molecule has 0 unspecified atom stereocenters. The van der Waals surface area contributed by atoms with Crippen LogP contribution in [0.1, 0.15) is 18.4 Å². The molecule has 8 nitrogen and oxygen atoms in total. The van der Waals surface area contributed by atoms with E-state index in [1.807, 2.05) is 13.0 Å². The normalized spacial score (nSPS) is 27.6. The molecule has 0 radical (unpaired) electrons. The summed E-state index contributed by atoms with van der Waals surface area (Å²) in [6, 6.07) is 1.55. The summed E-state index contributed by atoms with van der Waals surface area (Å²) in [4.78, 5) is 27.3. The Kier molecular flexibility index (Phi) is 2.27. The van der Waals surface area contributed by atoms with Gasteiger partial charge in [0, 0.05) is 17.8 Å². The molecule has 1 spiro atoms. The fourth-order valence-electron chi connectivity index (χ4n) is 3.02. The molecule has 2 fully saturated rings. The minimum Gasteiger partial charge on any atom is -0.367 e. The summed E-state index contributed by atoms with van der Waals surface area (Å²) in [6.07, 6.45) is 4.62. The maximum Gasteiger partial charge on any atom is 0.322 e. The van der Waals surface area contributed by atoms with Gasteiger partial charge in [0.25, 0.3) is 5.91 Å². The highest BCUT2D eigenvalue weighted by Crippen LogP contribution is 2.36. The largest absolute Gasteiger partial charge is 0.367 e. The van der Waals surface area contributed by atoms with Crippen LogP contribution in [0.3, 0.4) is 0 Å². The zero-order chi connectivity index (χ0) is 14.6. The molecule has 1 saturated heterocycles. The molecule has 4 rings (SSSR count). The minimum atomic E-state index is -0.735. The molecule has 3 heterocycles. The van der Waals surface area contributed by atoms with Crippen molar-refractivity contribution in [2.24, 2.45) is 0 Å². The van der Waals surface area contributed by atoms with Crippen LogP contribution in [0.2, 0.25) is 0 Å². The lowest BCUT2D eigenvalue weighted by atomic mass is 9.72. The van der Waals surface area contributed by atoms with Gasteiger partial charge in [-0.15, -0.1) is 0 Å². The van der Waals surface area contributed by atoms with Crippen molar-refractivity contribution in [2.75, 3.05) is 5.32 Å². The van der Waals surface area contributed by atoms with E-state index < -0.39 is 11.6 Å². The number of aromatic nitrogens is 3. The Morgan fingerprint density at radius 1 is 1.43 bits per heavy atom. The molecule has 0 bridgehead atoms. The first-order valence-electron chi connectivity index (χ1n) is 6.77. The summed E-state index contributed by atoms with van der Waals surface area (Å²) >= 11 is 0. The van der Waals surface area contributed by atoms with Crippen molar-refractivity contribution in [3.05, 3.63) is 24.0 Å². The van der Waals surface area contributed by atoms with Crippen LogP contribution in [-0.4, -0.2) is 38.1 Å². The first-order chi connectivity index (χ1) is 10.1.